The molecule has 0 bridgehead atoms. The van der Waals surface area contributed by atoms with Gasteiger partial charge in [0.1, 0.15) is 5.92 Å². The number of Topliss-reactive ketones (excluding diaryl/α,β-unsaturated/α-hetero) is 1. The van der Waals surface area contributed by atoms with Gasteiger partial charge >= 0.3 is 11.9 Å². The van der Waals surface area contributed by atoms with Crippen LogP contribution in [0.5, 0.6) is 11.5 Å². The second-order valence-corrected chi connectivity index (χ2v) is 9.69. The molecule has 1 aliphatic carbocycles. The number of phenols is 1. The Balaban J connectivity index is 2.60. The summed E-state index contributed by atoms with van der Waals surface area (Å²) in [6.45, 7) is 11.2. The number of benzene rings is 1. The highest BCUT2D eigenvalue weighted by molar-refractivity contribution is 6.02. The summed E-state index contributed by atoms with van der Waals surface area (Å²) in [6, 6.07) is 4.38. The molecule has 0 amide bonds. The van der Waals surface area contributed by atoms with Crippen LogP contribution in [0.1, 0.15) is 59.4 Å². The van der Waals surface area contributed by atoms with Gasteiger partial charge in [-0.25, -0.2) is 0 Å². The summed E-state index contributed by atoms with van der Waals surface area (Å²) in [5, 5.41) is 21.3. The molecular weight excluding hydrogens is 428 g/mol. The molecule has 0 spiro atoms. The van der Waals surface area contributed by atoms with E-state index < -0.39 is 41.1 Å². The maximum Gasteiger partial charge on any atom is 0.317 e. The topological polar surface area (TPSA) is 119 Å². The van der Waals surface area contributed by atoms with Crippen molar-refractivity contribution in [3.63, 3.8) is 0 Å². The Bertz CT molecular complexity index is 858. The highest BCUT2D eigenvalue weighted by atomic mass is 16.5. The van der Waals surface area contributed by atoms with E-state index in [2.05, 4.69) is 0 Å². The van der Waals surface area contributed by atoms with Gasteiger partial charge in [-0.05, 0) is 43.4 Å². The molecule has 2 rings (SSSR count). The summed E-state index contributed by atoms with van der Waals surface area (Å²) in [5.74, 6) is -5.38. The first-order valence-corrected chi connectivity index (χ1v) is 11.4. The fourth-order valence-electron chi connectivity index (χ4n) is 4.10. The molecule has 8 heteroatoms. The quantitative estimate of drug-likeness (QED) is 0.422. The average Bonchev–Trinajstić information content (AvgIpc) is 2.70. The second-order valence-electron chi connectivity index (χ2n) is 9.69. The Morgan fingerprint density at radius 1 is 1.09 bits per heavy atom. The second kappa shape index (κ2) is 11.0. The minimum absolute atomic E-state index is 0.0548. The lowest BCUT2D eigenvalue weighted by Gasteiger charge is -2.43. The number of esters is 2. The monoisotopic (exact) mass is 464 g/mol. The predicted molar refractivity (Wildman–Crippen MR) is 121 cm³/mol. The van der Waals surface area contributed by atoms with Crippen LogP contribution < -0.4 is 4.74 Å². The summed E-state index contributed by atoms with van der Waals surface area (Å²) in [7, 11) is 0. The van der Waals surface area contributed by atoms with Gasteiger partial charge in [-0.1, -0.05) is 33.8 Å². The number of ketones is 1. The van der Waals surface area contributed by atoms with Crippen molar-refractivity contribution in [2.75, 3.05) is 19.8 Å². The first-order chi connectivity index (χ1) is 15.4. The summed E-state index contributed by atoms with van der Waals surface area (Å²) in [5.41, 5.74) is -1.35. The van der Waals surface area contributed by atoms with Gasteiger partial charge in [-0.15, -0.1) is 0 Å². The molecule has 0 heterocycles. The molecule has 1 aliphatic rings. The number of aromatic hydroxyl groups is 1. The molecule has 4 unspecified atom stereocenters. The zero-order valence-corrected chi connectivity index (χ0v) is 20.3. The molecule has 184 valence electrons. The lowest BCUT2D eigenvalue weighted by molar-refractivity contribution is -0.174. The number of rotatable bonds is 9. The van der Waals surface area contributed by atoms with E-state index in [1.807, 2.05) is 27.7 Å². The fraction of sp³-hybridized carbons (Fsp3) is 0.640. The lowest BCUT2D eigenvalue weighted by atomic mass is 9.61. The SMILES string of the molecule is CCOc1cc(C2C(C(=O)OCC(C)C)C(=O)CC(C)(O)C2C(=O)OCC(C)C)ccc1O. The van der Waals surface area contributed by atoms with Gasteiger partial charge in [-0.3, -0.25) is 14.4 Å². The Kier molecular flexibility index (Phi) is 8.89. The van der Waals surface area contributed by atoms with Crippen LogP contribution in [0.15, 0.2) is 18.2 Å². The van der Waals surface area contributed by atoms with Crippen molar-refractivity contribution in [1.82, 2.24) is 0 Å². The van der Waals surface area contributed by atoms with E-state index in [4.69, 9.17) is 14.2 Å². The Hall–Kier alpha value is -2.61. The molecule has 33 heavy (non-hydrogen) atoms. The van der Waals surface area contributed by atoms with E-state index in [9.17, 15) is 24.6 Å². The first-order valence-electron chi connectivity index (χ1n) is 11.4. The van der Waals surface area contributed by atoms with E-state index in [-0.39, 0.29) is 49.6 Å². The maximum absolute atomic E-state index is 13.2. The molecule has 8 nitrogen and oxygen atoms in total. The molecular formula is C25H36O8. The smallest absolute Gasteiger partial charge is 0.317 e. The molecule has 4 atom stereocenters. The van der Waals surface area contributed by atoms with Crippen LogP contribution in [0, 0.1) is 23.7 Å². The van der Waals surface area contributed by atoms with Crippen molar-refractivity contribution < 1.29 is 38.8 Å². The number of carbonyl (C=O) groups is 3. The molecule has 1 aromatic rings. The van der Waals surface area contributed by atoms with Gasteiger partial charge < -0.3 is 24.4 Å². The zero-order chi connectivity index (χ0) is 24.9. The molecule has 1 fully saturated rings. The molecule has 1 saturated carbocycles. The standard InChI is InChI=1S/C25H36O8/c1-7-31-19-10-16(8-9-17(19)26)20-21(23(28)32-12-14(2)3)18(27)11-25(6,30)22(20)24(29)33-13-15(4)5/h8-10,14-15,20-22,26,30H,7,11-13H2,1-6H3. The summed E-state index contributed by atoms with van der Waals surface area (Å²) < 4.78 is 16.3. The van der Waals surface area contributed by atoms with E-state index >= 15 is 0 Å². The average molecular weight is 465 g/mol. The molecule has 0 aromatic heterocycles. The minimum atomic E-state index is -1.74. The van der Waals surface area contributed by atoms with Crippen LogP contribution in [0.25, 0.3) is 0 Å². The Morgan fingerprint density at radius 2 is 1.67 bits per heavy atom. The van der Waals surface area contributed by atoms with Crippen LogP contribution in [-0.4, -0.2) is 53.4 Å². The van der Waals surface area contributed by atoms with Gasteiger partial charge in [0, 0.05) is 12.3 Å². The van der Waals surface area contributed by atoms with Gasteiger partial charge in [0.15, 0.2) is 17.3 Å². The number of hydrogen-bond acceptors (Lipinski definition) is 8. The van der Waals surface area contributed by atoms with Crippen LogP contribution >= 0.6 is 0 Å². The van der Waals surface area contributed by atoms with Gasteiger partial charge in [0.2, 0.25) is 0 Å². The minimum Gasteiger partial charge on any atom is -0.504 e. The molecule has 2 N–H and O–H groups in total. The third-order valence-electron chi connectivity index (χ3n) is 5.56. The van der Waals surface area contributed by atoms with Crippen molar-refractivity contribution >= 4 is 17.7 Å². The van der Waals surface area contributed by atoms with Crippen LogP contribution in [-0.2, 0) is 23.9 Å². The first kappa shape index (κ1) is 26.6. The largest absolute Gasteiger partial charge is 0.504 e. The number of aliphatic hydroxyl groups is 1. The Labute approximate surface area is 195 Å². The van der Waals surface area contributed by atoms with Crippen molar-refractivity contribution in [3.8, 4) is 11.5 Å². The van der Waals surface area contributed by atoms with Crippen LogP contribution in [0.2, 0.25) is 0 Å². The zero-order valence-electron chi connectivity index (χ0n) is 20.3. The highest BCUT2D eigenvalue weighted by Crippen LogP contribution is 2.48. The van der Waals surface area contributed by atoms with E-state index in [1.165, 1.54) is 25.1 Å². The molecule has 0 radical (unpaired) electrons. The Morgan fingerprint density at radius 3 is 2.21 bits per heavy atom. The fourth-order valence-corrected chi connectivity index (χ4v) is 4.10. The molecule has 1 aromatic carbocycles. The maximum atomic E-state index is 13.2. The van der Waals surface area contributed by atoms with Crippen LogP contribution in [0.4, 0.5) is 0 Å². The van der Waals surface area contributed by atoms with Crippen molar-refractivity contribution in [2.45, 2.75) is 59.5 Å². The van der Waals surface area contributed by atoms with Gasteiger partial charge in [-0.2, -0.15) is 0 Å². The number of carbonyl (C=O) groups excluding carboxylic acids is 3. The van der Waals surface area contributed by atoms with E-state index in [0.717, 1.165) is 0 Å². The van der Waals surface area contributed by atoms with Gasteiger partial charge in [0.05, 0.1) is 31.3 Å². The normalized spacial score (nSPS) is 25.2. The third kappa shape index (κ3) is 6.47. The molecule has 0 saturated heterocycles. The summed E-state index contributed by atoms with van der Waals surface area (Å²) in [4.78, 5) is 39.4. The lowest BCUT2D eigenvalue weighted by Crippen LogP contribution is -2.55. The molecule has 0 aliphatic heterocycles. The number of hydrogen-bond donors (Lipinski definition) is 2. The number of phenolic OH excluding ortho intramolecular Hbond substituents is 1. The third-order valence-corrected chi connectivity index (χ3v) is 5.56. The van der Waals surface area contributed by atoms with Crippen molar-refractivity contribution in [3.05, 3.63) is 23.8 Å². The highest BCUT2D eigenvalue weighted by Gasteiger charge is 2.57. The van der Waals surface area contributed by atoms with E-state index in [1.54, 1.807) is 6.92 Å². The summed E-state index contributed by atoms with van der Waals surface area (Å²) in [6.07, 6.45) is -0.386. The summed E-state index contributed by atoms with van der Waals surface area (Å²) >= 11 is 0. The number of ether oxygens (including phenoxy) is 3. The van der Waals surface area contributed by atoms with Crippen molar-refractivity contribution in [1.29, 1.82) is 0 Å². The van der Waals surface area contributed by atoms with Crippen LogP contribution in [0.3, 0.4) is 0 Å². The van der Waals surface area contributed by atoms with Gasteiger partial charge in [0.25, 0.3) is 0 Å². The van der Waals surface area contributed by atoms with Crippen molar-refractivity contribution in [2.24, 2.45) is 23.7 Å². The van der Waals surface area contributed by atoms with E-state index in [0.29, 0.717) is 5.56 Å². The predicted octanol–water partition coefficient (Wildman–Crippen LogP) is 3.23.